The highest BCUT2D eigenvalue weighted by atomic mass is 31.2. The number of carbonyl (C=O) groups excluding carboxylic acids is 1. The fourth-order valence-corrected chi connectivity index (χ4v) is 6.04. The summed E-state index contributed by atoms with van der Waals surface area (Å²) in [6.45, 7) is 0.929. The molecule has 3 aromatic carbocycles. The van der Waals surface area contributed by atoms with E-state index in [0.29, 0.717) is 11.6 Å². The Morgan fingerprint density at radius 3 is 2.65 bits per heavy atom. The molecule has 14 heteroatoms. The lowest BCUT2D eigenvalue weighted by atomic mass is 10.1. The third-order valence-corrected chi connectivity index (χ3v) is 8.37. The van der Waals surface area contributed by atoms with Gasteiger partial charge in [0.15, 0.2) is 0 Å². The van der Waals surface area contributed by atoms with Crippen LogP contribution in [0.3, 0.4) is 0 Å². The van der Waals surface area contributed by atoms with Crippen molar-refractivity contribution in [3.63, 3.8) is 0 Å². The van der Waals surface area contributed by atoms with Crippen LogP contribution < -0.4 is 20.9 Å². The molecule has 0 aliphatic carbocycles. The highest BCUT2D eigenvalue weighted by Crippen LogP contribution is 2.47. The van der Waals surface area contributed by atoms with Gasteiger partial charge in [-0.25, -0.2) is 9.36 Å². The van der Waals surface area contributed by atoms with Crippen molar-refractivity contribution >= 4 is 24.5 Å². The van der Waals surface area contributed by atoms with Gasteiger partial charge < -0.3 is 19.1 Å². The summed E-state index contributed by atoms with van der Waals surface area (Å²) in [7, 11) is -4.36. The molecule has 1 aliphatic heterocycles. The van der Waals surface area contributed by atoms with Gasteiger partial charge >= 0.3 is 19.4 Å². The number of esters is 1. The summed E-state index contributed by atoms with van der Waals surface area (Å²) in [5, 5.41) is 14.6. The number of aromatic nitrogens is 2. The van der Waals surface area contributed by atoms with E-state index < -0.39 is 61.9 Å². The second kappa shape index (κ2) is 13.0. The van der Waals surface area contributed by atoms with Crippen LogP contribution in [0.5, 0.6) is 5.75 Å². The Morgan fingerprint density at radius 1 is 1.14 bits per heavy atom. The Kier molecular flexibility index (Phi) is 9.19. The number of H-pyrrole nitrogens is 1. The van der Waals surface area contributed by atoms with Gasteiger partial charge in [-0.2, -0.15) is 9.48 Å². The van der Waals surface area contributed by atoms with Gasteiger partial charge in [-0.05, 0) is 23.9 Å². The Hall–Kier alpha value is -4.13. The minimum atomic E-state index is -4.36. The first kappa shape index (κ1) is 30.3. The van der Waals surface area contributed by atoms with E-state index in [0.717, 1.165) is 15.5 Å². The van der Waals surface area contributed by atoms with E-state index in [1.54, 1.807) is 48.5 Å². The van der Waals surface area contributed by atoms with E-state index in [-0.39, 0.29) is 18.8 Å². The predicted octanol–water partition coefficient (Wildman–Crippen LogP) is 3.40. The smallest absolute Gasteiger partial charge is 0.459 e. The highest BCUT2D eigenvalue weighted by molar-refractivity contribution is 7.52. The molecule has 0 radical (unpaired) electrons. The molecular weight excluding hydrogens is 584 g/mol. The Bertz CT molecular complexity index is 1760. The zero-order valence-electron chi connectivity index (χ0n) is 22.9. The fraction of sp³-hybridized carbons (Fsp3) is 0.276. The number of carbonyl (C=O) groups is 1. The largest absolute Gasteiger partial charge is 0.460 e. The van der Waals surface area contributed by atoms with E-state index in [9.17, 15) is 28.4 Å². The number of fused-ring (bicyclic) bond motifs is 1. The quantitative estimate of drug-likeness (QED) is 0.169. The lowest BCUT2D eigenvalue weighted by Gasteiger charge is -2.25. The summed E-state index contributed by atoms with van der Waals surface area (Å²) in [6, 6.07) is 20.2. The van der Waals surface area contributed by atoms with Crippen LogP contribution in [0.2, 0.25) is 0 Å². The lowest BCUT2D eigenvalue weighted by molar-refractivity contribution is -0.146. The summed E-state index contributed by atoms with van der Waals surface area (Å²) < 4.78 is 51.4. The number of aliphatic hydroxyl groups is 1. The third kappa shape index (κ3) is 7.27. The number of ether oxygens (including phenoxy) is 2. The number of hydrogen-bond acceptors (Lipinski definition) is 9. The third-order valence-electron chi connectivity index (χ3n) is 6.74. The zero-order chi connectivity index (χ0) is 30.6. The van der Waals surface area contributed by atoms with Crippen LogP contribution in [0.4, 0.5) is 4.39 Å². The van der Waals surface area contributed by atoms with Gasteiger partial charge in [-0.1, -0.05) is 66.7 Å². The van der Waals surface area contributed by atoms with Gasteiger partial charge in [-0.3, -0.25) is 23.7 Å². The average Bonchev–Trinajstić information content (AvgIpc) is 3.37. The fourth-order valence-electron chi connectivity index (χ4n) is 4.52. The monoisotopic (exact) mass is 613 g/mol. The topological polar surface area (TPSA) is 158 Å². The van der Waals surface area contributed by atoms with Crippen LogP contribution in [0, 0.1) is 5.82 Å². The predicted molar refractivity (Wildman–Crippen MR) is 153 cm³/mol. The zero-order valence-corrected chi connectivity index (χ0v) is 23.8. The molecule has 1 saturated heterocycles. The van der Waals surface area contributed by atoms with E-state index in [1.165, 1.54) is 6.92 Å². The summed E-state index contributed by atoms with van der Waals surface area (Å²) >= 11 is 0. The molecule has 4 aromatic rings. The number of hydrogen-bond donors (Lipinski definition) is 3. The number of aliphatic hydroxyl groups excluding tert-OH is 1. The summed E-state index contributed by atoms with van der Waals surface area (Å²) in [5.41, 5.74) is -1.36. The summed E-state index contributed by atoms with van der Waals surface area (Å²) in [6.07, 6.45) is -2.95. The van der Waals surface area contributed by atoms with Crippen molar-refractivity contribution in [2.24, 2.45) is 0 Å². The first-order valence-electron chi connectivity index (χ1n) is 13.4. The van der Waals surface area contributed by atoms with Crippen molar-refractivity contribution in [1.29, 1.82) is 0 Å². The van der Waals surface area contributed by atoms with Crippen molar-refractivity contribution in [1.82, 2.24) is 14.6 Å². The van der Waals surface area contributed by atoms with Gasteiger partial charge in [0, 0.05) is 11.8 Å². The molecule has 3 N–H and O–H groups in total. The standard InChI is InChI=1S/C29H29FN3O9P/c1-18(28(36)39-16-19-8-3-2-4-9-19)32-43(38,42-24-13-7-11-20-10-5-6-12-21(20)24)40-17-25-23(34)14-26(41-25)33-15-22(30)27(35)31-29(33)37/h2-13,15,18,23,25-26,34H,14,16-17H2,1H3,(H,32,38)(H,31,35,37)/t18-,23-,25+,26+,43-/m0/s1. The molecule has 1 fully saturated rings. The van der Waals surface area contributed by atoms with E-state index >= 15 is 0 Å². The number of halogens is 1. The number of aromatic amines is 1. The van der Waals surface area contributed by atoms with Crippen LogP contribution in [-0.2, 0) is 30.0 Å². The van der Waals surface area contributed by atoms with Gasteiger partial charge in [-0.15, -0.1) is 0 Å². The molecule has 0 amide bonds. The SMILES string of the molecule is C[C@H](N[P@](=O)(OC[C@H]1O[C@@H](n2cc(F)c(=O)[nH]c2=O)C[C@@H]1O)Oc1cccc2ccccc12)C(=O)OCc1ccccc1. The molecule has 226 valence electrons. The van der Waals surface area contributed by atoms with Crippen molar-refractivity contribution in [3.8, 4) is 5.75 Å². The Labute approximate surface area is 244 Å². The molecule has 5 atom stereocenters. The maximum absolute atomic E-state index is 14.1. The summed E-state index contributed by atoms with van der Waals surface area (Å²) in [5.74, 6) is -1.71. The average molecular weight is 614 g/mol. The number of nitrogens with one attached hydrogen (secondary N) is 2. The lowest BCUT2D eigenvalue weighted by Crippen LogP contribution is -2.36. The van der Waals surface area contributed by atoms with Gasteiger partial charge in [0.25, 0.3) is 5.56 Å². The van der Waals surface area contributed by atoms with Crippen LogP contribution in [0.25, 0.3) is 10.8 Å². The van der Waals surface area contributed by atoms with Crippen molar-refractivity contribution in [3.05, 3.63) is 111 Å². The van der Waals surface area contributed by atoms with Crippen molar-refractivity contribution in [2.45, 2.75) is 44.4 Å². The van der Waals surface area contributed by atoms with Gasteiger partial charge in [0.05, 0.1) is 18.9 Å². The molecule has 0 spiro atoms. The first-order chi connectivity index (χ1) is 20.6. The Balaban J connectivity index is 1.33. The van der Waals surface area contributed by atoms with Crippen LogP contribution in [-0.4, -0.2) is 45.5 Å². The number of benzene rings is 3. The van der Waals surface area contributed by atoms with Gasteiger partial charge in [0.1, 0.15) is 30.7 Å². The van der Waals surface area contributed by atoms with Crippen LogP contribution in [0.1, 0.15) is 25.1 Å². The van der Waals surface area contributed by atoms with E-state index in [4.69, 9.17) is 18.5 Å². The molecule has 43 heavy (non-hydrogen) atoms. The molecule has 12 nitrogen and oxygen atoms in total. The summed E-state index contributed by atoms with van der Waals surface area (Å²) in [4.78, 5) is 38.2. The molecule has 1 aliphatic rings. The first-order valence-corrected chi connectivity index (χ1v) is 14.9. The normalized spacial score (nSPS) is 20.4. The Morgan fingerprint density at radius 2 is 1.86 bits per heavy atom. The van der Waals surface area contributed by atoms with E-state index in [1.807, 2.05) is 29.2 Å². The maximum Gasteiger partial charge on any atom is 0.459 e. The second-order valence-electron chi connectivity index (χ2n) is 9.88. The number of rotatable bonds is 11. The minimum absolute atomic E-state index is 0.00472. The maximum atomic E-state index is 14.1. The molecule has 0 bridgehead atoms. The van der Waals surface area contributed by atoms with E-state index in [2.05, 4.69) is 5.09 Å². The molecule has 5 rings (SSSR count). The highest BCUT2D eigenvalue weighted by Gasteiger charge is 2.40. The number of nitrogens with zero attached hydrogens (tertiary/aromatic N) is 1. The molecule has 0 unspecified atom stereocenters. The molecule has 1 aromatic heterocycles. The molecular formula is C29H29FN3O9P. The van der Waals surface area contributed by atoms with Crippen LogP contribution in [0.15, 0.2) is 88.6 Å². The van der Waals surface area contributed by atoms with Crippen molar-refractivity contribution < 1.29 is 37.4 Å². The minimum Gasteiger partial charge on any atom is -0.460 e. The second-order valence-corrected chi connectivity index (χ2v) is 11.6. The van der Waals surface area contributed by atoms with Gasteiger partial charge in [0.2, 0.25) is 5.82 Å². The molecule has 0 saturated carbocycles. The molecule has 2 heterocycles. The van der Waals surface area contributed by atoms with Crippen molar-refractivity contribution in [2.75, 3.05) is 6.61 Å². The van der Waals surface area contributed by atoms with Crippen LogP contribution >= 0.6 is 7.75 Å².